The van der Waals surface area contributed by atoms with Crippen LogP contribution in [0.25, 0.3) is 0 Å². The molecule has 4 heteroatoms. The fraction of sp³-hybridized carbons (Fsp3) is 0.538. The van der Waals surface area contributed by atoms with E-state index in [2.05, 4.69) is 47.2 Å². The maximum atomic E-state index is 9.37. The number of aliphatic hydroxyl groups excluding tert-OH is 1. The number of benzene rings is 1. The molecule has 1 fully saturated rings. The summed E-state index contributed by atoms with van der Waals surface area (Å²) in [5.41, 5.74) is 3.50. The molecule has 1 aromatic rings. The van der Waals surface area contributed by atoms with Crippen molar-refractivity contribution in [2.45, 2.75) is 13.8 Å². The Morgan fingerprint density at radius 3 is 2.35 bits per heavy atom. The minimum absolute atomic E-state index is 0.0913. The quantitative estimate of drug-likeness (QED) is 0.897. The molecular weight excluding hydrogens is 282 g/mol. The number of ether oxygens (including phenoxy) is 1. The zero-order valence-electron chi connectivity index (χ0n) is 10.2. The Kier molecular flexibility index (Phi) is 3.76. The van der Waals surface area contributed by atoms with Crippen molar-refractivity contribution < 1.29 is 9.84 Å². The highest BCUT2D eigenvalue weighted by Crippen LogP contribution is 2.30. The molecule has 1 aliphatic rings. The lowest BCUT2D eigenvalue weighted by Gasteiger charge is -2.40. The maximum absolute atomic E-state index is 9.37. The van der Waals surface area contributed by atoms with Crippen molar-refractivity contribution in [3.8, 4) is 0 Å². The van der Waals surface area contributed by atoms with Gasteiger partial charge in [-0.25, -0.2) is 0 Å². The maximum Gasteiger partial charge on any atom is 0.0584 e. The largest absolute Gasteiger partial charge is 0.396 e. The van der Waals surface area contributed by atoms with E-state index in [-0.39, 0.29) is 12.0 Å². The molecule has 17 heavy (non-hydrogen) atoms. The molecule has 1 saturated heterocycles. The predicted molar refractivity (Wildman–Crippen MR) is 72.4 cm³/mol. The normalized spacial score (nSPS) is 17.6. The number of rotatable bonds is 4. The number of nitrogens with one attached hydrogen (secondary N) is 1. The van der Waals surface area contributed by atoms with Crippen molar-refractivity contribution in [1.29, 1.82) is 0 Å². The van der Waals surface area contributed by atoms with Crippen LogP contribution < -0.4 is 5.32 Å². The Balaban J connectivity index is 2.09. The molecule has 0 radical (unpaired) electrons. The van der Waals surface area contributed by atoms with Gasteiger partial charge in [0.25, 0.3) is 0 Å². The summed E-state index contributed by atoms with van der Waals surface area (Å²) in [7, 11) is 0. The Labute approximate surface area is 110 Å². The Bertz CT molecular complexity index is 387. The van der Waals surface area contributed by atoms with E-state index in [0.29, 0.717) is 13.2 Å². The summed E-state index contributed by atoms with van der Waals surface area (Å²) in [6, 6.07) is 4.19. The number of aliphatic hydroxyl groups is 1. The SMILES string of the molecule is Cc1cc(Br)cc(C)c1NCC1(CO)COC1. The van der Waals surface area contributed by atoms with Gasteiger partial charge in [-0.2, -0.15) is 0 Å². The van der Waals surface area contributed by atoms with Gasteiger partial charge in [0.15, 0.2) is 0 Å². The van der Waals surface area contributed by atoms with Crippen LogP contribution in [0.4, 0.5) is 5.69 Å². The summed E-state index contributed by atoms with van der Waals surface area (Å²) in [5, 5.41) is 12.8. The number of anilines is 1. The minimum atomic E-state index is -0.0913. The van der Waals surface area contributed by atoms with Crippen LogP contribution in [0.15, 0.2) is 16.6 Å². The zero-order chi connectivity index (χ0) is 12.5. The molecule has 2 N–H and O–H groups in total. The average Bonchev–Trinajstić information content (AvgIpc) is 2.19. The van der Waals surface area contributed by atoms with Gasteiger partial charge >= 0.3 is 0 Å². The molecule has 1 aliphatic heterocycles. The van der Waals surface area contributed by atoms with Crippen LogP contribution in [0.1, 0.15) is 11.1 Å². The Morgan fingerprint density at radius 1 is 1.35 bits per heavy atom. The highest BCUT2D eigenvalue weighted by Gasteiger charge is 2.37. The smallest absolute Gasteiger partial charge is 0.0584 e. The second-order valence-corrected chi connectivity index (χ2v) is 5.83. The van der Waals surface area contributed by atoms with Gasteiger partial charge in [0.05, 0.1) is 25.2 Å². The van der Waals surface area contributed by atoms with Gasteiger partial charge in [-0.05, 0) is 37.1 Å². The van der Waals surface area contributed by atoms with E-state index < -0.39 is 0 Å². The molecule has 0 saturated carbocycles. The van der Waals surface area contributed by atoms with E-state index in [1.165, 1.54) is 11.1 Å². The van der Waals surface area contributed by atoms with Crippen molar-refractivity contribution in [3.05, 3.63) is 27.7 Å². The molecule has 0 unspecified atom stereocenters. The van der Waals surface area contributed by atoms with Crippen molar-refractivity contribution in [2.24, 2.45) is 5.41 Å². The van der Waals surface area contributed by atoms with Crippen LogP contribution in [-0.4, -0.2) is 31.5 Å². The summed E-state index contributed by atoms with van der Waals surface area (Å²) in [6.45, 7) is 6.39. The zero-order valence-corrected chi connectivity index (χ0v) is 11.8. The van der Waals surface area contributed by atoms with Gasteiger partial charge < -0.3 is 15.2 Å². The first kappa shape index (κ1) is 12.9. The van der Waals surface area contributed by atoms with E-state index in [1.54, 1.807) is 0 Å². The van der Waals surface area contributed by atoms with Crippen LogP contribution in [0, 0.1) is 19.3 Å². The minimum Gasteiger partial charge on any atom is -0.396 e. The van der Waals surface area contributed by atoms with E-state index in [0.717, 1.165) is 16.7 Å². The van der Waals surface area contributed by atoms with Crippen LogP contribution in [-0.2, 0) is 4.74 Å². The molecular formula is C13H18BrNO2. The fourth-order valence-electron chi connectivity index (χ4n) is 2.11. The molecule has 0 atom stereocenters. The summed E-state index contributed by atoms with van der Waals surface area (Å²) in [6.07, 6.45) is 0. The first-order valence-corrected chi connectivity index (χ1v) is 6.55. The number of halogens is 1. The third-order valence-electron chi connectivity index (χ3n) is 3.29. The van der Waals surface area contributed by atoms with E-state index in [1.807, 2.05) is 0 Å². The second-order valence-electron chi connectivity index (χ2n) is 4.92. The van der Waals surface area contributed by atoms with Crippen LogP contribution in [0.5, 0.6) is 0 Å². The molecule has 2 rings (SSSR count). The number of hydrogen-bond acceptors (Lipinski definition) is 3. The molecule has 94 valence electrons. The monoisotopic (exact) mass is 299 g/mol. The summed E-state index contributed by atoms with van der Waals surface area (Å²) in [4.78, 5) is 0. The lowest BCUT2D eigenvalue weighted by molar-refractivity contribution is -0.128. The van der Waals surface area contributed by atoms with E-state index >= 15 is 0 Å². The third kappa shape index (κ3) is 2.64. The molecule has 0 amide bonds. The predicted octanol–water partition coefficient (Wildman–Crippen LogP) is 2.49. The highest BCUT2D eigenvalue weighted by atomic mass is 79.9. The highest BCUT2D eigenvalue weighted by molar-refractivity contribution is 9.10. The summed E-state index contributed by atoms with van der Waals surface area (Å²) < 4.78 is 6.29. The fourth-order valence-corrected chi connectivity index (χ4v) is 2.79. The molecule has 1 aromatic carbocycles. The molecule has 0 bridgehead atoms. The van der Waals surface area contributed by atoms with Crippen molar-refractivity contribution in [2.75, 3.05) is 31.7 Å². The topological polar surface area (TPSA) is 41.5 Å². The molecule has 0 aliphatic carbocycles. The Hall–Kier alpha value is -0.580. The third-order valence-corrected chi connectivity index (χ3v) is 3.75. The second kappa shape index (κ2) is 4.96. The molecule has 1 heterocycles. The van der Waals surface area contributed by atoms with Gasteiger partial charge in [-0.1, -0.05) is 15.9 Å². The van der Waals surface area contributed by atoms with E-state index in [9.17, 15) is 5.11 Å². The van der Waals surface area contributed by atoms with Gasteiger partial charge in [-0.3, -0.25) is 0 Å². The molecule has 0 aromatic heterocycles. The molecule has 3 nitrogen and oxygen atoms in total. The summed E-state index contributed by atoms with van der Waals surface area (Å²) in [5.74, 6) is 0. The van der Waals surface area contributed by atoms with Crippen LogP contribution in [0.2, 0.25) is 0 Å². The van der Waals surface area contributed by atoms with Crippen molar-refractivity contribution >= 4 is 21.6 Å². The lowest BCUT2D eigenvalue weighted by atomic mass is 9.87. The van der Waals surface area contributed by atoms with Gasteiger partial charge in [0.2, 0.25) is 0 Å². The van der Waals surface area contributed by atoms with Gasteiger partial charge in [-0.15, -0.1) is 0 Å². The lowest BCUT2D eigenvalue weighted by Crippen LogP contribution is -2.50. The first-order chi connectivity index (χ1) is 8.06. The summed E-state index contributed by atoms with van der Waals surface area (Å²) >= 11 is 3.49. The first-order valence-electron chi connectivity index (χ1n) is 5.76. The van der Waals surface area contributed by atoms with Crippen LogP contribution >= 0.6 is 15.9 Å². The van der Waals surface area contributed by atoms with Crippen LogP contribution in [0.3, 0.4) is 0 Å². The average molecular weight is 300 g/mol. The number of hydrogen-bond donors (Lipinski definition) is 2. The molecule has 0 spiro atoms. The standard InChI is InChI=1S/C13H18BrNO2/c1-9-3-11(14)4-10(2)12(9)15-5-13(6-16)7-17-8-13/h3-4,15-16H,5-8H2,1-2H3. The van der Waals surface area contributed by atoms with Gasteiger partial charge in [0.1, 0.15) is 0 Å². The number of aryl methyl sites for hydroxylation is 2. The van der Waals surface area contributed by atoms with E-state index in [4.69, 9.17) is 4.74 Å². The van der Waals surface area contributed by atoms with Gasteiger partial charge in [0, 0.05) is 16.7 Å². The van der Waals surface area contributed by atoms with Crippen molar-refractivity contribution in [3.63, 3.8) is 0 Å². The van der Waals surface area contributed by atoms with Crippen molar-refractivity contribution in [1.82, 2.24) is 0 Å². The Morgan fingerprint density at radius 2 is 1.94 bits per heavy atom.